The summed E-state index contributed by atoms with van der Waals surface area (Å²) in [5.41, 5.74) is 2.21. The van der Waals surface area contributed by atoms with Gasteiger partial charge < -0.3 is 15.1 Å². The van der Waals surface area contributed by atoms with E-state index in [1.54, 1.807) is 0 Å². The Morgan fingerprint density at radius 1 is 1.32 bits per heavy atom. The average Bonchev–Trinajstić information content (AvgIpc) is 2.34. The third kappa shape index (κ3) is 3.33. The van der Waals surface area contributed by atoms with Gasteiger partial charge in [0.2, 0.25) is 5.91 Å². The van der Waals surface area contributed by atoms with E-state index in [2.05, 4.69) is 31.3 Å². The van der Waals surface area contributed by atoms with Gasteiger partial charge in [-0.15, -0.1) is 0 Å². The number of likely N-dealkylation sites (N-methyl/N-ethyl adjacent to an activating group) is 1. The Bertz CT molecular complexity index is 439. The molecule has 104 valence electrons. The third-order valence-corrected chi connectivity index (χ3v) is 3.40. The molecule has 0 aliphatic carbocycles. The molecular formula is C15H23N3O. The van der Waals surface area contributed by atoms with E-state index in [-0.39, 0.29) is 11.9 Å². The summed E-state index contributed by atoms with van der Waals surface area (Å²) in [6.45, 7) is 5.63. The van der Waals surface area contributed by atoms with Crippen LogP contribution in [0.2, 0.25) is 0 Å². The van der Waals surface area contributed by atoms with Crippen molar-refractivity contribution in [1.29, 1.82) is 0 Å². The topological polar surface area (TPSA) is 35.6 Å². The highest BCUT2D eigenvalue weighted by Gasteiger charge is 2.32. The molecule has 1 saturated heterocycles. The number of rotatable bonds is 3. The summed E-state index contributed by atoms with van der Waals surface area (Å²) in [5.74, 6) is 0.163. The predicted octanol–water partition coefficient (Wildman–Crippen LogP) is 1.25. The van der Waals surface area contributed by atoms with Crippen molar-refractivity contribution in [1.82, 2.24) is 10.2 Å². The smallest absolute Gasteiger partial charge is 0.245 e. The van der Waals surface area contributed by atoms with Crippen molar-refractivity contribution >= 4 is 11.6 Å². The van der Waals surface area contributed by atoms with E-state index in [9.17, 15) is 4.79 Å². The molecule has 1 aromatic rings. The molecular weight excluding hydrogens is 238 g/mol. The highest BCUT2D eigenvalue weighted by molar-refractivity contribution is 5.98. The summed E-state index contributed by atoms with van der Waals surface area (Å²) in [7, 11) is 3.98. The molecule has 1 aliphatic heterocycles. The number of amides is 1. The van der Waals surface area contributed by atoms with Crippen LogP contribution in [0.5, 0.6) is 0 Å². The largest absolute Gasteiger partial charge is 0.309 e. The molecule has 1 aromatic carbocycles. The fourth-order valence-corrected chi connectivity index (χ4v) is 2.47. The number of hydrogen-bond acceptors (Lipinski definition) is 3. The molecule has 0 radical (unpaired) electrons. The lowest BCUT2D eigenvalue weighted by Gasteiger charge is -2.38. The maximum absolute atomic E-state index is 12.5. The fourth-order valence-electron chi connectivity index (χ4n) is 2.47. The van der Waals surface area contributed by atoms with Crippen LogP contribution >= 0.6 is 0 Å². The van der Waals surface area contributed by atoms with Crippen molar-refractivity contribution in [2.75, 3.05) is 32.1 Å². The summed E-state index contributed by atoms with van der Waals surface area (Å²) in [5, 5.41) is 3.38. The number of anilines is 1. The van der Waals surface area contributed by atoms with Gasteiger partial charge in [-0.05, 0) is 40.1 Å². The highest BCUT2D eigenvalue weighted by Crippen LogP contribution is 2.19. The van der Waals surface area contributed by atoms with Crippen LogP contribution in [0, 0.1) is 6.92 Å². The second kappa shape index (κ2) is 5.72. The Morgan fingerprint density at radius 2 is 1.95 bits per heavy atom. The summed E-state index contributed by atoms with van der Waals surface area (Å²) in [6, 6.07) is 8.34. The molecule has 1 fully saturated rings. The van der Waals surface area contributed by atoms with Crippen LogP contribution in [0.1, 0.15) is 12.5 Å². The number of nitrogens with one attached hydrogen (secondary N) is 1. The number of hydrogen-bond donors (Lipinski definition) is 1. The monoisotopic (exact) mass is 261 g/mol. The van der Waals surface area contributed by atoms with Gasteiger partial charge in [0.25, 0.3) is 0 Å². The van der Waals surface area contributed by atoms with Gasteiger partial charge in [-0.25, -0.2) is 0 Å². The Balaban J connectivity index is 2.19. The lowest BCUT2D eigenvalue weighted by atomic mass is 10.1. The normalized spacial score (nSPS) is 24.1. The summed E-state index contributed by atoms with van der Waals surface area (Å²) in [4.78, 5) is 16.5. The van der Waals surface area contributed by atoms with E-state index < -0.39 is 0 Å². The van der Waals surface area contributed by atoms with E-state index in [1.165, 1.54) is 5.56 Å². The second-order valence-electron chi connectivity index (χ2n) is 5.67. The Kier molecular flexibility index (Phi) is 4.22. The fraction of sp³-hybridized carbons (Fsp3) is 0.533. The van der Waals surface area contributed by atoms with Crippen molar-refractivity contribution < 1.29 is 4.79 Å². The standard InChI is InChI=1S/C15H23N3O/c1-11-5-7-13(8-6-11)18-9-12(2)16-14(15(18)19)10-17(3)4/h5-8,12,14,16H,9-10H2,1-4H3. The van der Waals surface area contributed by atoms with E-state index in [0.717, 1.165) is 18.8 Å². The molecule has 1 amide bonds. The zero-order valence-electron chi connectivity index (χ0n) is 12.2. The minimum Gasteiger partial charge on any atom is -0.309 e. The summed E-state index contributed by atoms with van der Waals surface area (Å²) < 4.78 is 0. The molecule has 1 heterocycles. The van der Waals surface area contributed by atoms with Crippen LogP contribution in [0.15, 0.2) is 24.3 Å². The summed E-state index contributed by atoms with van der Waals surface area (Å²) in [6.07, 6.45) is 0. The molecule has 2 rings (SSSR count). The van der Waals surface area contributed by atoms with Gasteiger partial charge in [-0.3, -0.25) is 4.79 Å². The van der Waals surface area contributed by atoms with Gasteiger partial charge in [0, 0.05) is 24.8 Å². The van der Waals surface area contributed by atoms with E-state index in [4.69, 9.17) is 0 Å². The van der Waals surface area contributed by atoms with Gasteiger partial charge in [0.05, 0.1) is 0 Å². The average molecular weight is 261 g/mol. The van der Waals surface area contributed by atoms with Crippen molar-refractivity contribution in [3.63, 3.8) is 0 Å². The Morgan fingerprint density at radius 3 is 2.53 bits per heavy atom. The minimum absolute atomic E-state index is 0.125. The Hall–Kier alpha value is -1.39. The molecule has 0 saturated carbocycles. The van der Waals surface area contributed by atoms with Gasteiger partial charge in [-0.1, -0.05) is 17.7 Å². The van der Waals surface area contributed by atoms with Crippen LogP contribution < -0.4 is 10.2 Å². The molecule has 1 aliphatic rings. The Labute approximate surface area is 115 Å². The maximum Gasteiger partial charge on any atom is 0.245 e. The van der Waals surface area contributed by atoms with Crippen LogP contribution in [-0.4, -0.2) is 50.1 Å². The highest BCUT2D eigenvalue weighted by atomic mass is 16.2. The first-order valence-corrected chi connectivity index (χ1v) is 6.76. The first-order valence-electron chi connectivity index (χ1n) is 6.76. The predicted molar refractivity (Wildman–Crippen MR) is 78.5 cm³/mol. The number of nitrogens with zero attached hydrogens (tertiary/aromatic N) is 2. The van der Waals surface area contributed by atoms with Gasteiger partial charge in [0.15, 0.2) is 0 Å². The number of carbonyl (C=O) groups is 1. The molecule has 0 aromatic heterocycles. The number of benzene rings is 1. The van der Waals surface area contributed by atoms with E-state index in [0.29, 0.717) is 6.04 Å². The van der Waals surface area contributed by atoms with E-state index in [1.807, 2.05) is 36.0 Å². The number of aryl methyl sites for hydroxylation is 1. The van der Waals surface area contributed by atoms with Crippen LogP contribution in [0.25, 0.3) is 0 Å². The molecule has 19 heavy (non-hydrogen) atoms. The van der Waals surface area contributed by atoms with Crippen molar-refractivity contribution in [2.45, 2.75) is 25.9 Å². The SMILES string of the molecule is Cc1ccc(N2CC(C)NC(CN(C)C)C2=O)cc1. The molecule has 4 heteroatoms. The zero-order chi connectivity index (χ0) is 14.0. The van der Waals surface area contributed by atoms with Crippen molar-refractivity contribution in [2.24, 2.45) is 0 Å². The first-order chi connectivity index (χ1) is 8.97. The maximum atomic E-state index is 12.5. The van der Waals surface area contributed by atoms with Gasteiger partial charge >= 0.3 is 0 Å². The van der Waals surface area contributed by atoms with Gasteiger partial charge in [-0.2, -0.15) is 0 Å². The molecule has 0 bridgehead atoms. The number of piperazine rings is 1. The van der Waals surface area contributed by atoms with E-state index >= 15 is 0 Å². The quantitative estimate of drug-likeness (QED) is 0.889. The first kappa shape index (κ1) is 14.0. The number of carbonyl (C=O) groups excluding carboxylic acids is 1. The summed E-state index contributed by atoms with van der Waals surface area (Å²) >= 11 is 0. The molecule has 1 N–H and O–H groups in total. The minimum atomic E-state index is -0.125. The molecule has 2 unspecified atom stereocenters. The molecule has 2 atom stereocenters. The van der Waals surface area contributed by atoms with Crippen LogP contribution in [0.4, 0.5) is 5.69 Å². The van der Waals surface area contributed by atoms with Gasteiger partial charge in [0.1, 0.15) is 6.04 Å². The van der Waals surface area contributed by atoms with Crippen LogP contribution in [0.3, 0.4) is 0 Å². The molecule has 0 spiro atoms. The lowest BCUT2D eigenvalue weighted by Crippen LogP contribution is -2.62. The van der Waals surface area contributed by atoms with Crippen LogP contribution in [-0.2, 0) is 4.79 Å². The van der Waals surface area contributed by atoms with Crippen molar-refractivity contribution in [3.05, 3.63) is 29.8 Å². The van der Waals surface area contributed by atoms with Crippen molar-refractivity contribution in [3.8, 4) is 0 Å². The third-order valence-electron chi connectivity index (χ3n) is 3.40. The second-order valence-corrected chi connectivity index (χ2v) is 5.67. The molecule has 4 nitrogen and oxygen atoms in total. The zero-order valence-corrected chi connectivity index (χ0v) is 12.2. The lowest BCUT2D eigenvalue weighted by molar-refractivity contribution is -0.122.